The van der Waals surface area contributed by atoms with E-state index in [4.69, 9.17) is 0 Å². The molecule has 3 N–H and O–H groups in total. The fourth-order valence-corrected chi connectivity index (χ4v) is 1.66. The maximum Gasteiger partial charge on any atom is 0.224 e. The van der Waals surface area contributed by atoms with Gasteiger partial charge in [-0.3, -0.25) is 4.79 Å². The molecule has 4 heteroatoms. The lowest BCUT2D eigenvalue weighted by atomic mass is 9.97. The lowest BCUT2D eigenvalue weighted by Crippen LogP contribution is -2.42. The van der Waals surface area contributed by atoms with Crippen LogP contribution in [0.1, 0.15) is 32.3 Å². The van der Waals surface area contributed by atoms with Gasteiger partial charge in [0.05, 0.1) is 12.0 Å². The van der Waals surface area contributed by atoms with Crippen molar-refractivity contribution >= 4 is 5.91 Å². The molecule has 0 radical (unpaired) electrons. The molecule has 4 nitrogen and oxygen atoms in total. The summed E-state index contributed by atoms with van der Waals surface area (Å²) in [5.41, 5.74) is -0.250. The van der Waals surface area contributed by atoms with Gasteiger partial charge in [-0.1, -0.05) is 32.0 Å². The number of phenols is 1. The first-order valence-corrected chi connectivity index (χ1v) is 6.26. The molecule has 0 heterocycles. The van der Waals surface area contributed by atoms with E-state index in [0.717, 1.165) is 0 Å². The second kappa shape index (κ2) is 6.40. The van der Waals surface area contributed by atoms with Crippen LogP contribution >= 0.6 is 0 Å². The number of nitrogens with one attached hydrogen (secondary N) is 1. The van der Waals surface area contributed by atoms with Crippen LogP contribution in [-0.4, -0.2) is 28.3 Å². The predicted molar refractivity (Wildman–Crippen MR) is 70.4 cm³/mol. The Balaban J connectivity index is 2.50. The van der Waals surface area contributed by atoms with Gasteiger partial charge in [0.25, 0.3) is 0 Å². The van der Waals surface area contributed by atoms with Crippen molar-refractivity contribution in [3.63, 3.8) is 0 Å². The number of carbonyl (C=O) groups is 1. The summed E-state index contributed by atoms with van der Waals surface area (Å²) in [4.78, 5) is 11.7. The van der Waals surface area contributed by atoms with Crippen molar-refractivity contribution in [2.75, 3.05) is 6.54 Å². The van der Waals surface area contributed by atoms with Crippen LogP contribution in [0.25, 0.3) is 0 Å². The van der Waals surface area contributed by atoms with Gasteiger partial charge in [0.2, 0.25) is 5.91 Å². The zero-order chi connectivity index (χ0) is 13.6. The normalized spacial score (nSPS) is 11.3. The number of hydrogen-bond donors (Lipinski definition) is 3. The zero-order valence-corrected chi connectivity index (χ0v) is 10.9. The fourth-order valence-electron chi connectivity index (χ4n) is 1.66. The van der Waals surface area contributed by atoms with Gasteiger partial charge >= 0.3 is 0 Å². The Labute approximate surface area is 108 Å². The molecule has 0 aliphatic carbocycles. The van der Waals surface area contributed by atoms with Crippen LogP contribution in [0.5, 0.6) is 5.75 Å². The van der Waals surface area contributed by atoms with E-state index in [0.29, 0.717) is 18.4 Å². The molecule has 0 aromatic heterocycles. The summed E-state index contributed by atoms with van der Waals surface area (Å²) in [5, 5.41) is 22.3. The maximum atomic E-state index is 11.7. The molecule has 0 aliphatic rings. The minimum atomic E-state index is -0.839. The molecule has 0 unspecified atom stereocenters. The Hall–Kier alpha value is -1.55. The summed E-state index contributed by atoms with van der Waals surface area (Å²) in [6, 6.07) is 6.75. The van der Waals surface area contributed by atoms with Crippen molar-refractivity contribution in [1.29, 1.82) is 0 Å². The Kier molecular flexibility index (Phi) is 5.16. The molecule has 18 heavy (non-hydrogen) atoms. The Bertz CT molecular complexity index is 400. The van der Waals surface area contributed by atoms with E-state index in [2.05, 4.69) is 5.32 Å². The van der Waals surface area contributed by atoms with Crippen molar-refractivity contribution < 1.29 is 15.0 Å². The van der Waals surface area contributed by atoms with Gasteiger partial charge in [-0.25, -0.2) is 0 Å². The third-order valence-corrected chi connectivity index (χ3v) is 3.27. The van der Waals surface area contributed by atoms with E-state index in [1.165, 1.54) is 0 Å². The summed E-state index contributed by atoms with van der Waals surface area (Å²) in [7, 11) is 0. The first-order chi connectivity index (χ1) is 8.50. The van der Waals surface area contributed by atoms with E-state index < -0.39 is 5.60 Å². The van der Waals surface area contributed by atoms with Crippen molar-refractivity contribution in [2.45, 2.75) is 38.7 Å². The molecule has 0 bridgehead atoms. The van der Waals surface area contributed by atoms with E-state index in [1.807, 2.05) is 13.8 Å². The molecule has 0 saturated heterocycles. The molecule has 1 aromatic rings. The lowest BCUT2D eigenvalue weighted by molar-refractivity contribution is -0.121. The highest BCUT2D eigenvalue weighted by Gasteiger charge is 2.22. The predicted octanol–water partition coefficient (Wildman–Crippen LogP) is 1.60. The van der Waals surface area contributed by atoms with Crippen LogP contribution in [-0.2, 0) is 11.2 Å². The first kappa shape index (κ1) is 14.5. The molecule has 1 aromatic carbocycles. The summed E-state index contributed by atoms with van der Waals surface area (Å²) in [5.74, 6) is -0.0780. The van der Waals surface area contributed by atoms with Crippen LogP contribution in [0.15, 0.2) is 24.3 Å². The van der Waals surface area contributed by atoms with Crippen LogP contribution in [0.3, 0.4) is 0 Å². The van der Waals surface area contributed by atoms with E-state index in [-0.39, 0.29) is 24.6 Å². The fraction of sp³-hybridized carbons (Fsp3) is 0.500. The molecular weight excluding hydrogens is 230 g/mol. The molecule has 0 fully saturated rings. The number of hydrogen-bond acceptors (Lipinski definition) is 3. The van der Waals surface area contributed by atoms with Crippen LogP contribution in [0.2, 0.25) is 0 Å². The third-order valence-electron chi connectivity index (χ3n) is 3.27. The van der Waals surface area contributed by atoms with Crippen molar-refractivity contribution in [3.05, 3.63) is 29.8 Å². The second-order valence-corrected chi connectivity index (χ2v) is 4.51. The molecule has 1 amide bonds. The highest BCUT2D eigenvalue weighted by atomic mass is 16.3. The largest absolute Gasteiger partial charge is 0.508 e. The van der Waals surface area contributed by atoms with Crippen LogP contribution in [0, 0.1) is 0 Å². The summed E-state index contributed by atoms with van der Waals surface area (Å²) < 4.78 is 0. The Morgan fingerprint density at radius 1 is 1.28 bits per heavy atom. The van der Waals surface area contributed by atoms with Crippen molar-refractivity contribution in [1.82, 2.24) is 5.32 Å². The summed E-state index contributed by atoms with van der Waals surface area (Å²) >= 11 is 0. The number of aliphatic hydroxyl groups is 1. The molecule has 100 valence electrons. The summed E-state index contributed by atoms with van der Waals surface area (Å²) in [6.45, 7) is 4.02. The first-order valence-electron chi connectivity index (χ1n) is 6.26. The highest BCUT2D eigenvalue weighted by molar-refractivity contribution is 5.79. The number of phenolic OH excluding ortho intramolecular Hbond substituents is 1. The number of carbonyl (C=O) groups excluding carboxylic acids is 1. The SMILES string of the molecule is CCC(O)(CC)CNC(=O)Cc1ccccc1O. The topological polar surface area (TPSA) is 69.6 Å². The molecule has 0 atom stereocenters. The number of rotatable bonds is 6. The summed E-state index contributed by atoms with van der Waals surface area (Å²) in [6.07, 6.45) is 1.32. The van der Waals surface area contributed by atoms with Gasteiger partial charge < -0.3 is 15.5 Å². The second-order valence-electron chi connectivity index (χ2n) is 4.51. The maximum absolute atomic E-state index is 11.7. The third kappa shape index (κ3) is 4.04. The van der Waals surface area contributed by atoms with Gasteiger partial charge in [-0.2, -0.15) is 0 Å². The molecule has 0 aliphatic heterocycles. The van der Waals surface area contributed by atoms with Gasteiger partial charge in [-0.15, -0.1) is 0 Å². The zero-order valence-electron chi connectivity index (χ0n) is 10.9. The highest BCUT2D eigenvalue weighted by Crippen LogP contribution is 2.16. The smallest absolute Gasteiger partial charge is 0.224 e. The minimum absolute atomic E-state index is 0.119. The average Bonchev–Trinajstić information content (AvgIpc) is 2.39. The van der Waals surface area contributed by atoms with E-state index >= 15 is 0 Å². The van der Waals surface area contributed by atoms with Gasteiger partial charge in [0, 0.05) is 12.1 Å². The number of aromatic hydroxyl groups is 1. The van der Waals surface area contributed by atoms with Gasteiger partial charge in [0.1, 0.15) is 5.75 Å². The Morgan fingerprint density at radius 3 is 2.44 bits per heavy atom. The van der Waals surface area contributed by atoms with Crippen LogP contribution in [0.4, 0.5) is 0 Å². The molecular formula is C14H21NO3. The average molecular weight is 251 g/mol. The van der Waals surface area contributed by atoms with E-state index in [9.17, 15) is 15.0 Å². The molecule has 0 saturated carbocycles. The van der Waals surface area contributed by atoms with Crippen molar-refractivity contribution in [3.8, 4) is 5.75 Å². The molecule has 1 rings (SSSR count). The monoisotopic (exact) mass is 251 g/mol. The lowest BCUT2D eigenvalue weighted by Gasteiger charge is -2.25. The minimum Gasteiger partial charge on any atom is -0.508 e. The van der Waals surface area contributed by atoms with Gasteiger partial charge in [0.15, 0.2) is 0 Å². The van der Waals surface area contributed by atoms with Crippen LogP contribution < -0.4 is 5.32 Å². The quantitative estimate of drug-likeness (QED) is 0.719. The van der Waals surface area contributed by atoms with E-state index in [1.54, 1.807) is 24.3 Å². The van der Waals surface area contributed by atoms with Crippen molar-refractivity contribution in [2.24, 2.45) is 0 Å². The number of benzene rings is 1. The number of amides is 1. The number of para-hydroxylation sites is 1. The van der Waals surface area contributed by atoms with Gasteiger partial charge in [-0.05, 0) is 18.9 Å². The Morgan fingerprint density at radius 2 is 1.89 bits per heavy atom. The molecule has 0 spiro atoms. The standard InChI is InChI=1S/C14H21NO3/c1-3-14(18,4-2)10-15-13(17)9-11-7-5-6-8-12(11)16/h5-8,16,18H,3-4,9-10H2,1-2H3,(H,15,17).